The average molecular weight is 221 g/mol. The molecule has 2 atom stereocenters. The standard InChI is InChI=1S/C15H27N/c1-5-7-9-13(3)12-14(4)10-11-15(16)8-6-2/h8,13-14,16H,2,5,7,9-12H2,1,3-4H3. The first-order chi connectivity index (χ1) is 7.60. The lowest BCUT2D eigenvalue weighted by Gasteiger charge is -2.16. The van der Waals surface area contributed by atoms with Gasteiger partial charge < -0.3 is 5.41 Å². The second-order valence-corrected chi connectivity index (χ2v) is 5.00. The van der Waals surface area contributed by atoms with Crippen molar-refractivity contribution in [1.29, 1.82) is 5.41 Å². The lowest BCUT2D eigenvalue weighted by atomic mass is 9.90. The number of allylic oxidation sites excluding steroid dienone is 1. The molecule has 1 heteroatoms. The van der Waals surface area contributed by atoms with Crippen molar-refractivity contribution >= 4 is 5.71 Å². The molecule has 0 aliphatic carbocycles. The van der Waals surface area contributed by atoms with E-state index in [9.17, 15) is 0 Å². The van der Waals surface area contributed by atoms with Gasteiger partial charge in [-0.05, 0) is 31.1 Å². The zero-order chi connectivity index (χ0) is 12.4. The van der Waals surface area contributed by atoms with Crippen molar-refractivity contribution < 1.29 is 0 Å². The predicted molar refractivity (Wildman–Crippen MR) is 73.1 cm³/mol. The van der Waals surface area contributed by atoms with Gasteiger partial charge in [-0.2, -0.15) is 0 Å². The van der Waals surface area contributed by atoms with Crippen molar-refractivity contribution in [2.24, 2.45) is 11.8 Å². The van der Waals surface area contributed by atoms with Crippen molar-refractivity contribution in [3.8, 4) is 0 Å². The van der Waals surface area contributed by atoms with E-state index in [0.29, 0.717) is 5.71 Å². The molecular formula is C15H27N. The van der Waals surface area contributed by atoms with Gasteiger partial charge in [0.25, 0.3) is 0 Å². The lowest BCUT2D eigenvalue weighted by Crippen LogP contribution is -2.05. The van der Waals surface area contributed by atoms with Crippen molar-refractivity contribution in [3.05, 3.63) is 18.4 Å². The van der Waals surface area contributed by atoms with E-state index in [-0.39, 0.29) is 0 Å². The van der Waals surface area contributed by atoms with Crippen LogP contribution < -0.4 is 0 Å². The van der Waals surface area contributed by atoms with Gasteiger partial charge in [-0.3, -0.25) is 0 Å². The maximum atomic E-state index is 7.62. The fourth-order valence-electron chi connectivity index (χ4n) is 2.07. The summed E-state index contributed by atoms with van der Waals surface area (Å²) in [5.41, 5.74) is 3.32. The van der Waals surface area contributed by atoms with Crippen molar-refractivity contribution in [2.45, 2.75) is 59.3 Å². The van der Waals surface area contributed by atoms with Crippen LogP contribution in [0.3, 0.4) is 0 Å². The highest BCUT2D eigenvalue weighted by Crippen LogP contribution is 2.21. The third-order valence-corrected chi connectivity index (χ3v) is 3.04. The van der Waals surface area contributed by atoms with Gasteiger partial charge in [0.15, 0.2) is 0 Å². The van der Waals surface area contributed by atoms with E-state index in [2.05, 4.69) is 33.1 Å². The molecular weight excluding hydrogens is 194 g/mol. The Labute approximate surface area is 101 Å². The quantitative estimate of drug-likeness (QED) is 0.419. The average Bonchev–Trinajstić information content (AvgIpc) is 2.24. The van der Waals surface area contributed by atoms with Gasteiger partial charge in [0, 0.05) is 11.8 Å². The Kier molecular flexibility index (Phi) is 8.94. The van der Waals surface area contributed by atoms with Gasteiger partial charge in [0.2, 0.25) is 0 Å². The molecule has 0 bridgehead atoms. The molecule has 0 aromatic carbocycles. The molecule has 0 aromatic rings. The van der Waals surface area contributed by atoms with Crippen LogP contribution in [0.5, 0.6) is 0 Å². The van der Waals surface area contributed by atoms with E-state index < -0.39 is 0 Å². The molecule has 16 heavy (non-hydrogen) atoms. The number of hydrogen-bond donors (Lipinski definition) is 1. The smallest absolute Gasteiger partial charge is 0.0390 e. The number of unbranched alkanes of at least 4 members (excludes halogenated alkanes) is 1. The van der Waals surface area contributed by atoms with Crippen LogP contribution in [-0.2, 0) is 0 Å². The maximum Gasteiger partial charge on any atom is 0.0390 e. The highest BCUT2D eigenvalue weighted by Gasteiger charge is 2.08. The summed E-state index contributed by atoms with van der Waals surface area (Å²) in [6.07, 6.45) is 8.96. The molecule has 0 aliphatic rings. The molecule has 0 fully saturated rings. The molecule has 1 N–H and O–H groups in total. The van der Waals surface area contributed by atoms with Gasteiger partial charge in [0.1, 0.15) is 0 Å². The van der Waals surface area contributed by atoms with Crippen LogP contribution in [0.2, 0.25) is 0 Å². The molecule has 0 aromatic heterocycles. The predicted octanol–water partition coefficient (Wildman–Crippen LogP) is 4.98. The van der Waals surface area contributed by atoms with Crippen LogP contribution in [0.1, 0.15) is 59.3 Å². The molecule has 0 aliphatic heterocycles. The van der Waals surface area contributed by atoms with Gasteiger partial charge >= 0.3 is 0 Å². The lowest BCUT2D eigenvalue weighted by molar-refractivity contribution is 0.374. The molecule has 0 amide bonds. The van der Waals surface area contributed by atoms with Crippen molar-refractivity contribution in [3.63, 3.8) is 0 Å². The Bertz CT molecular complexity index is 236. The van der Waals surface area contributed by atoms with E-state index in [0.717, 1.165) is 24.7 Å². The van der Waals surface area contributed by atoms with E-state index in [1.165, 1.54) is 25.7 Å². The molecule has 0 rings (SSSR count). The van der Waals surface area contributed by atoms with Crippen LogP contribution in [0.4, 0.5) is 0 Å². The second-order valence-electron chi connectivity index (χ2n) is 5.00. The summed E-state index contributed by atoms with van der Waals surface area (Å²) in [6.45, 7) is 10.4. The summed E-state index contributed by atoms with van der Waals surface area (Å²) in [5.74, 6) is 1.56. The molecule has 0 spiro atoms. The van der Waals surface area contributed by atoms with Gasteiger partial charge in [0.05, 0.1) is 0 Å². The minimum atomic E-state index is 0.656. The third-order valence-electron chi connectivity index (χ3n) is 3.04. The molecule has 2 unspecified atom stereocenters. The SMILES string of the molecule is C=C=CC(=N)CCC(C)CC(C)CCCC. The highest BCUT2D eigenvalue weighted by atomic mass is 14.4. The summed E-state index contributed by atoms with van der Waals surface area (Å²) < 4.78 is 0. The first-order valence-electron chi connectivity index (χ1n) is 6.53. The van der Waals surface area contributed by atoms with Gasteiger partial charge in [-0.25, -0.2) is 0 Å². The minimum Gasteiger partial charge on any atom is -0.305 e. The summed E-state index contributed by atoms with van der Waals surface area (Å²) >= 11 is 0. The van der Waals surface area contributed by atoms with E-state index in [4.69, 9.17) is 5.41 Å². The molecule has 0 saturated heterocycles. The number of nitrogens with one attached hydrogen (secondary N) is 1. The fraction of sp³-hybridized carbons (Fsp3) is 0.733. The van der Waals surface area contributed by atoms with Crippen LogP contribution >= 0.6 is 0 Å². The first kappa shape index (κ1) is 15.2. The number of rotatable bonds is 9. The van der Waals surface area contributed by atoms with Crippen LogP contribution in [0.15, 0.2) is 18.4 Å². The Hall–Kier alpha value is -0.810. The molecule has 0 radical (unpaired) electrons. The summed E-state index contributed by atoms with van der Waals surface area (Å²) in [6, 6.07) is 0. The number of hydrogen-bond acceptors (Lipinski definition) is 1. The summed E-state index contributed by atoms with van der Waals surface area (Å²) in [7, 11) is 0. The molecule has 1 nitrogen and oxygen atoms in total. The molecule has 92 valence electrons. The maximum absolute atomic E-state index is 7.62. The van der Waals surface area contributed by atoms with Crippen LogP contribution in [0, 0.1) is 17.2 Å². The van der Waals surface area contributed by atoms with Crippen molar-refractivity contribution in [2.75, 3.05) is 0 Å². The third kappa shape index (κ3) is 8.49. The minimum absolute atomic E-state index is 0.656. The molecule has 0 saturated carbocycles. The van der Waals surface area contributed by atoms with E-state index >= 15 is 0 Å². The van der Waals surface area contributed by atoms with Crippen molar-refractivity contribution in [1.82, 2.24) is 0 Å². The summed E-state index contributed by atoms with van der Waals surface area (Å²) in [4.78, 5) is 0. The van der Waals surface area contributed by atoms with E-state index in [1.807, 2.05) is 0 Å². The second kappa shape index (κ2) is 9.42. The summed E-state index contributed by atoms with van der Waals surface area (Å²) in [5, 5.41) is 7.62. The van der Waals surface area contributed by atoms with E-state index in [1.54, 1.807) is 6.08 Å². The Balaban J connectivity index is 3.68. The zero-order valence-electron chi connectivity index (χ0n) is 11.2. The van der Waals surface area contributed by atoms with Crippen LogP contribution in [0.25, 0.3) is 0 Å². The monoisotopic (exact) mass is 221 g/mol. The molecule has 0 heterocycles. The fourth-order valence-corrected chi connectivity index (χ4v) is 2.07. The highest BCUT2D eigenvalue weighted by molar-refractivity contribution is 5.91. The first-order valence-corrected chi connectivity index (χ1v) is 6.53. The zero-order valence-corrected chi connectivity index (χ0v) is 11.2. The van der Waals surface area contributed by atoms with Crippen LogP contribution in [-0.4, -0.2) is 5.71 Å². The topological polar surface area (TPSA) is 23.9 Å². The Morgan fingerprint density at radius 2 is 1.94 bits per heavy atom. The Morgan fingerprint density at radius 3 is 2.50 bits per heavy atom. The largest absolute Gasteiger partial charge is 0.305 e. The normalized spacial score (nSPS) is 13.9. The van der Waals surface area contributed by atoms with Gasteiger partial charge in [-0.15, -0.1) is 5.73 Å². The van der Waals surface area contributed by atoms with Gasteiger partial charge in [-0.1, -0.05) is 46.6 Å². The Morgan fingerprint density at radius 1 is 1.31 bits per heavy atom.